The molecule has 3 atom stereocenters. The zero-order valence-corrected chi connectivity index (χ0v) is 12.2. The first kappa shape index (κ1) is 14.0. The Morgan fingerprint density at radius 3 is 3.10 bits per heavy atom. The Morgan fingerprint density at radius 2 is 2.40 bits per heavy atom. The maximum Gasteiger partial charge on any atom is 0.0741 e. The maximum atomic E-state index is 5.70. The second-order valence-corrected chi connectivity index (χ2v) is 5.92. The van der Waals surface area contributed by atoms with Gasteiger partial charge in [-0.05, 0) is 36.8 Å². The van der Waals surface area contributed by atoms with Crippen LogP contribution in [0.5, 0.6) is 0 Å². The van der Waals surface area contributed by atoms with Gasteiger partial charge in [0.25, 0.3) is 0 Å². The zero-order valence-electron chi connectivity index (χ0n) is 12.2. The van der Waals surface area contributed by atoms with Gasteiger partial charge in [-0.1, -0.05) is 6.07 Å². The monoisotopic (exact) mass is 276 g/mol. The van der Waals surface area contributed by atoms with Crippen LogP contribution >= 0.6 is 0 Å². The van der Waals surface area contributed by atoms with E-state index in [-0.39, 0.29) is 0 Å². The van der Waals surface area contributed by atoms with Crippen LogP contribution in [-0.2, 0) is 15.9 Å². The Morgan fingerprint density at radius 1 is 1.45 bits per heavy atom. The molecule has 0 bridgehead atoms. The molecule has 1 unspecified atom stereocenters. The average Bonchev–Trinajstić information content (AvgIpc) is 3.11. The fourth-order valence-corrected chi connectivity index (χ4v) is 3.47. The highest BCUT2D eigenvalue weighted by molar-refractivity contribution is 5.12. The van der Waals surface area contributed by atoms with E-state index in [9.17, 15) is 0 Å². The van der Waals surface area contributed by atoms with Crippen molar-refractivity contribution in [2.24, 2.45) is 5.92 Å². The van der Waals surface area contributed by atoms with Gasteiger partial charge in [-0.15, -0.1) is 0 Å². The van der Waals surface area contributed by atoms with Crippen LogP contribution in [0.1, 0.15) is 18.4 Å². The van der Waals surface area contributed by atoms with Gasteiger partial charge in [0.05, 0.1) is 12.7 Å². The fraction of sp³-hybridized carbons (Fsp3) is 0.688. The third-order valence-corrected chi connectivity index (χ3v) is 4.59. The van der Waals surface area contributed by atoms with Gasteiger partial charge in [-0.2, -0.15) is 0 Å². The minimum Gasteiger partial charge on any atom is -0.381 e. The van der Waals surface area contributed by atoms with Crippen LogP contribution in [0.15, 0.2) is 24.5 Å². The van der Waals surface area contributed by atoms with E-state index in [0.717, 1.165) is 39.1 Å². The number of methoxy groups -OCH3 is 1. The van der Waals surface area contributed by atoms with E-state index < -0.39 is 0 Å². The third-order valence-electron chi connectivity index (χ3n) is 4.59. The molecular weight excluding hydrogens is 252 g/mol. The maximum absolute atomic E-state index is 5.70. The van der Waals surface area contributed by atoms with E-state index in [4.69, 9.17) is 9.47 Å². The molecule has 2 fully saturated rings. The molecule has 0 aromatic carbocycles. The highest BCUT2D eigenvalue weighted by Gasteiger charge is 2.35. The SMILES string of the molecule is CO[C@H]1CCN(CC2CCOC2)[C@H]1Cc1cccnc1. The standard InChI is InChI=1S/C16H24N2O2/c1-19-16-4-7-18(11-14-5-8-20-12-14)15(16)9-13-3-2-6-17-10-13/h2-3,6,10,14-16H,4-5,7-9,11-12H2,1H3/t14?,15-,16-/m0/s1. The molecule has 110 valence electrons. The van der Waals surface area contributed by atoms with Crippen molar-refractivity contribution in [2.45, 2.75) is 31.4 Å². The largest absolute Gasteiger partial charge is 0.381 e. The van der Waals surface area contributed by atoms with Crippen LogP contribution in [0.3, 0.4) is 0 Å². The fourth-order valence-electron chi connectivity index (χ4n) is 3.47. The number of likely N-dealkylation sites (tertiary alicyclic amines) is 1. The normalized spacial score (nSPS) is 30.9. The van der Waals surface area contributed by atoms with Crippen molar-refractivity contribution in [1.82, 2.24) is 9.88 Å². The number of hydrogen-bond donors (Lipinski definition) is 0. The van der Waals surface area contributed by atoms with Gasteiger partial charge in [0.15, 0.2) is 0 Å². The summed E-state index contributed by atoms with van der Waals surface area (Å²) in [5.41, 5.74) is 1.30. The lowest BCUT2D eigenvalue weighted by molar-refractivity contribution is 0.0604. The van der Waals surface area contributed by atoms with Crippen molar-refractivity contribution in [3.8, 4) is 0 Å². The van der Waals surface area contributed by atoms with Crippen molar-refractivity contribution in [1.29, 1.82) is 0 Å². The lowest BCUT2D eigenvalue weighted by Crippen LogP contribution is -2.40. The molecule has 2 aliphatic heterocycles. The van der Waals surface area contributed by atoms with Crippen LogP contribution in [0.4, 0.5) is 0 Å². The molecule has 4 nitrogen and oxygen atoms in total. The van der Waals surface area contributed by atoms with Crippen molar-refractivity contribution in [2.75, 3.05) is 33.4 Å². The number of aromatic nitrogens is 1. The zero-order chi connectivity index (χ0) is 13.8. The topological polar surface area (TPSA) is 34.6 Å². The van der Waals surface area contributed by atoms with Gasteiger partial charge in [0.2, 0.25) is 0 Å². The molecule has 0 radical (unpaired) electrons. The second-order valence-electron chi connectivity index (χ2n) is 5.92. The van der Waals surface area contributed by atoms with Gasteiger partial charge in [-0.25, -0.2) is 0 Å². The Hall–Kier alpha value is -0.970. The molecule has 3 rings (SSSR count). The summed E-state index contributed by atoms with van der Waals surface area (Å²) in [6, 6.07) is 4.65. The molecule has 2 saturated heterocycles. The molecule has 3 heterocycles. The number of rotatable bonds is 5. The van der Waals surface area contributed by atoms with E-state index in [0.29, 0.717) is 18.1 Å². The van der Waals surface area contributed by atoms with E-state index in [2.05, 4.69) is 16.0 Å². The summed E-state index contributed by atoms with van der Waals surface area (Å²) in [4.78, 5) is 6.82. The van der Waals surface area contributed by atoms with Gasteiger partial charge in [0, 0.05) is 45.2 Å². The van der Waals surface area contributed by atoms with Gasteiger partial charge < -0.3 is 9.47 Å². The number of hydrogen-bond acceptors (Lipinski definition) is 4. The first-order valence-corrected chi connectivity index (χ1v) is 7.60. The van der Waals surface area contributed by atoms with E-state index in [1.165, 1.54) is 12.0 Å². The first-order chi connectivity index (χ1) is 9.86. The second kappa shape index (κ2) is 6.66. The molecule has 0 N–H and O–H groups in total. The minimum atomic E-state index is 0.345. The molecular formula is C16H24N2O2. The van der Waals surface area contributed by atoms with Crippen molar-refractivity contribution < 1.29 is 9.47 Å². The summed E-state index contributed by atoms with van der Waals surface area (Å²) in [5, 5.41) is 0. The van der Waals surface area contributed by atoms with Gasteiger partial charge in [0.1, 0.15) is 0 Å². The molecule has 1 aromatic rings. The highest BCUT2D eigenvalue weighted by Crippen LogP contribution is 2.26. The molecule has 0 amide bonds. The highest BCUT2D eigenvalue weighted by atomic mass is 16.5. The van der Waals surface area contributed by atoms with Crippen molar-refractivity contribution in [3.05, 3.63) is 30.1 Å². The number of ether oxygens (including phenoxy) is 2. The molecule has 2 aliphatic rings. The summed E-state index contributed by atoms with van der Waals surface area (Å²) in [7, 11) is 1.84. The summed E-state index contributed by atoms with van der Waals surface area (Å²) >= 11 is 0. The lowest BCUT2D eigenvalue weighted by Gasteiger charge is -2.29. The average molecular weight is 276 g/mol. The minimum absolute atomic E-state index is 0.345. The summed E-state index contributed by atoms with van der Waals surface area (Å²) in [6.07, 6.45) is 7.52. The van der Waals surface area contributed by atoms with Crippen LogP contribution in [0, 0.1) is 5.92 Å². The molecule has 1 aromatic heterocycles. The number of pyridine rings is 1. The van der Waals surface area contributed by atoms with Gasteiger partial charge >= 0.3 is 0 Å². The Kier molecular flexibility index (Phi) is 4.65. The van der Waals surface area contributed by atoms with E-state index in [1.807, 2.05) is 25.6 Å². The summed E-state index contributed by atoms with van der Waals surface area (Å²) in [5.74, 6) is 0.696. The van der Waals surface area contributed by atoms with E-state index in [1.54, 1.807) is 0 Å². The number of nitrogens with zero attached hydrogens (tertiary/aromatic N) is 2. The molecule has 4 heteroatoms. The molecule has 0 spiro atoms. The molecule has 0 aliphatic carbocycles. The smallest absolute Gasteiger partial charge is 0.0741 e. The third kappa shape index (κ3) is 3.19. The van der Waals surface area contributed by atoms with Crippen LogP contribution in [0.25, 0.3) is 0 Å². The van der Waals surface area contributed by atoms with Crippen LogP contribution < -0.4 is 0 Å². The summed E-state index contributed by atoms with van der Waals surface area (Å²) < 4.78 is 11.2. The van der Waals surface area contributed by atoms with Crippen molar-refractivity contribution in [3.63, 3.8) is 0 Å². The van der Waals surface area contributed by atoms with Crippen molar-refractivity contribution >= 4 is 0 Å². The summed E-state index contributed by atoms with van der Waals surface area (Å²) in [6.45, 7) is 4.14. The predicted molar refractivity (Wildman–Crippen MR) is 77.6 cm³/mol. The van der Waals surface area contributed by atoms with E-state index >= 15 is 0 Å². The first-order valence-electron chi connectivity index (χ1n) is 7.60. The molecule has 0 saturated carbocycles. The Balaban J connectivity index is 1.65. The predicted octanol–water partition coefficient (Wildman–Crippen LogP) is 1.75. The quantitative estimate of drug-likeness (QED) is 0.820. The lowest BCUT2D eigenvalue weighted by atomic mass is 10.0. The Bertz CT molecular complexity index is 406. The van der Waals surface area contributed by atoms with Crippen LogP contribution in [-0.4, -0.2) is 55.4 Å². The van der Waals surface area contributed by atoms with Gasteiger partial charge in [-0.3, -0.25) is 9.88 Å². The Labute approximate surface area is 121 Å². The van der Waals surface area contributed by atoms with Crippen LogP contribution in [0.2, 0.25) is 0 Å². The molecule has 20 heavy (non-hydrogen) atoms.